The number of hydrogen-bond acceptors (Lipinski definition) is 3. The van der Waals surface area contributed by atoms with Crippen LogP contribution < -0.4 is 0 Å². The van der Waals surface area contributed by atoms with Gasteiger partial charge >= 0.3 is 0 Å². The molecule has 1 saturated heterocycles. The van der Waals surface area contributed by atoms with Crippen LogP contribution in [0.1, 0.15) is 22.3 Å². The molecule has 0 aliphatic carbocycles. The van der Waals surface area contributed by atoms with Crippen molar-refractivity contribution in [3.05, 3.63) is 64.7 Å². The first-order valence-electron chi connectivity index (χ1n) is 8.97. The van der Waals surface area contributed by atoms with Crippen molar-refractivity contribution in [2.24, 2.45) is 0 Å². The van der Waals surface area contributed by atoms with Gasteiger partial charge in [0.1, 0.15) is 0 Å². The van der Waals surface area contributed by atoms with Gasteiger partial charge in [0.2, 0.25) is 0 Å². The van der Waals surface area contributed by atoms with Crippen molar-refractivity contribution in [3.8, 4) is 0 Å². The maximum absolute atomic E-state index is 5.74. The molecule has 0 amide bonds. The van der Waals surface area contributed by atoms with Crippen molar-refractivity contribution in [2.45, 2.75) is 23.5 Å². The molecule has 26 heavy (non-hydrogen) atoms. The minimum absolute atomic E-state index is 0. The second-order valence-corrected chi connectivity index (χ2v) is 8.53. The molecule has 5 heteroatoms. The summed E-state index contributed by atoms with van der Waals surface area (Å²) in [5.74, 6) is 1.07. The Morgan fingerprint density at radius 3 is 2.50 bits per heavy atom. The van der Waals surface area contributed by atoms with Gasteiger partial charge in [-0.3, -0.25) is 0 Å². The van der Waals surface area contributed by atoms with E-state index in [1.54, 1.807) is 0 Å². The number of rotatable bonds is 2. The molecule has 0 radical (unpaired) electrons. The third-order valence-electron chi connectivity index (χ3n) is 5.22. The zero-order valence-electron chi connectivity index (χ0n) is 15.1. The summed E-state index contributed by atoms with van der Waals surface area (Å²) in [5, 5.41) is 0. The van der Waals surface area contributed by atoms with Gasteiger partial charge in [0, 0.05) is 43.2 Å². The lowest BCUT2D eigenvalue weighted by Crippen LogP contribution is -2.47. The highest BCUT2D eigenvalue weighted by Gasteiger charge is 2.18. The van der Waals surface area contributed by atoms with Crippen LogP contribution in [0.25, 0.3) is 0 Å². The van der Waals surface area contributed by atoms with Crippen LogP contribution in [-0.2, 0) is 18.6 Å². The van der Waals surface area contributed by atoms with Crippen LogP contribution in [0.4, 0.5) is 0 Å². The lowest BCUT2D eigenvalue weighted by molar-refractivity contribution is 0.216. The Morgan fingerprint density at radius 2 is 1.73 bits per heavy atom. The monoisotopic (exact) mass is 404 g/mol. The molecule has 0 unspecified atom stereocenters. The fourth-order valence-electron chi connectivity index (χ4n) is 3.60. The number of nitrogens with zero attached hydrogens (tertiary/aromatic N) is 2. The molecular formula is C21H25ClN2S2. The molecular weight excluding hydrogens is 380 g/mol. The number of hydrogen-bond donors (Lipinski definition) is 0. The molecule has 0 atom stereocenters. The molecule has 0 bridgehead atoms. The number of thiocarbonyl (C=S) groups is 1. The summed E-state index contributed by atoms with van der Waals surface area (Å²) in [4.78, 5) is 7.27. The summed E-state index contributed by atoms with van der Waals surface area (Å²) in [5.41, 5.74) is 5.74. The third kappa shape index (κ3) is 4.42. The highest BCUT2D eigenvalue weighted by Crippen LogP contribution is 2.34. The van der Waals surface area contributed by atoms with Crippen molar-refractivity contribution < 1.29 is 0 Å². The van der Waals surface area contributed by atoms with Crippen molar-refractivity contribution in [3.63, 3.8) is 0 Å². The van der Waals surface area contributed by atoms with Crippen molar-refractivity contribution >= 4 is 41.4 Å². The molecule has 138 valence electrons. The fraction of sp³-hybridized carbons (Fsp3) is 0.381. The molecule has 2 aliphatic heterocycles. The van der Waals surface area contributed by atoms with E-state index in [-0.39, 0.29) is 12.4 Å². The predicted octanol–water partition coefficient (Wildman–Crippen LogP) is 4.42. The molecule has 2 nitrogen and oxygen atoms in total. The fourth-order valence-corrected chi connectivity index (χ4v) is 5.02. The van der Waals surface area contributed by atoms with Crippen LogP contribution in [-0.4, -0.2) is 48.0 Å². The van der Waals surface area contributed by atoms with Crippen LogP contribution in [0.15, 0.2) is 47.4 Å². The molecule has 4 rings (SSSR count). The minimum atomic E-state index is 0. The predicted molar refractivity (Wildman–Crippen MR) is 118 cm³/mol. The quantitative estimate of drug-likeness (QED) is 0.683. The van der Waals surface area contributed by atoms with Crippen LogP contribution >= 0.6 is 36.4 Å². The number of piperazine rings is 1. The first-order chi connectivity index (χ1) is 12.2. The molecule has 0 N–H and O–H groups in total. The molecule has 2 aromatic carbocycles. The first kappa shape index (κ1) is 19.7. The lowest BCUT2D eigenvalue weighted by atomic mass is 9.98. The summed E-state index contributed by atoms with van der Waals surface area (Å²) >= 11 is 7.70. The van der Waals surface area contributed by atoms with E-state index in [4.69, 9.17) is 12.2 Å². The highest BCUT2D eigenvalue weighted by molar-refractivity contribution is 7.98. The Bertz CT molecular complexity index is 785. The van der Waals surface area contributed by atoms with E-state index in [9.17, 15) is 0 Å². The maximum Gasteiger partial charge on any atom is 0.0824 e. The van der Waals surface area contributed by atoms with Crippen molar-refractivity contribution in [1.82, 2.24) is 9.80 Å². The zero-order chi connectivity index (χ0) is 17.2. The SMILES string of the molecule is CN1CCN(C(=S)Cc2ccc3c(c2)Cc2ccccc2CS3)CC1.Cl. The summed E-state index contributed by atoms with van der Waals surface area (Å²) in [6.07, 6.45) is 1.92. The van der Waals surface area contributed by atoms with Crippen molar-refractivity contribution in [1.29, 1.82) is 0 Å². The lowest BCUT2D eigenvalue weighted by Gasteiger charge is -2.34. The summed E-state index contributed by atoms with van der Waals surface area (Å²) in [6, 6.07) is 15.8. The Hall–Kier alpha value is -1.07. The number of benzene rings is 2. The Morgan fingerprint density at radius 1 is 1.00 bits per heavy atom. The largest absolute Gasteiger partial charge is 0.363 e. The second-order valence-electron chi connectivity index (χ2n) is 7.04. The maximum atomic E-state index is 5.74. The van der Waals surface area contributed by atoms with Crippen LogP contribution in [0.2, 0.25) is 0 Å². The Labute approximate surface area is 172 Å². The summed E-state index contributed by atoms with van der Waals surface area (Å²) < 4.78 is 0. The van der Waals surface area contributed by atoms with Crippen LogP contribution in [0.3, 0.4) is 0 Å². The highest BCUT2D eigenvalue weighted by atomic mass is 35.5. The molecule has 0 saturated carbocycles. The van der Waals surface area contributed by atoms with E-state index in [1.165, 1.54) is 27.1 Å². The zero-order valence-corrected chi connectivity index (χ0v) is 17.6. The molecule has 0 spiro atoms. The van der Waals surface area contributed by atoms with E-state index in [1.807, 2.05) is 11.8 Å². The van der Waals surface area contributed by atoms with Gasteiger partial charge in [0.25, 0.3) is 0 Å². The standard InChI is InChI=1S/C21H24N2S2.ClH/c1-22-8-10-23(11-9-22)21(24)13-16-6-7-20-19(12-16)14-17-4-2-3-5-18(17)15-25-20;/h2-7,12H,8-11,13-15H2,1H3;1H. The van der Waals surface area contributed by atoms with Gasteiger partial charge < -0.3 is 9.80 Å². The number of thioether (sulfide) groups is 1. The third-order valence-corrected chi connectivity index (χ3v) is 6.79. The van der Waals surface area contributed by atoms with Crippen molar-refractivity contribution in [2.75, 3.05) is 33.2 Å². The number of halogens is 1. The first-order valence-corrected chi connectivity index (χ1v) is 10.4. The molecule has 2 aromatic rings. The van der Waals surface area contributed by atoms with Crippen LogP contribution in [0, 0.1) is 0 Å². The van der Waals surface area contributed by atoms with E-state index in [2.05, 4.69) is 59.3 Å². The number of fused-ring (bicyclic) bond motifs is 2. The van der Waals surface area contributed by atoms with Gasteiger partial charge in [-0.05, 0) is 41.8 Å². The number of likely N-dealkylation sites (N-methyl/N-ethyl adjacent to an activating group) is 1. The normalized spacial score (nSPS) is 16.9. The van der Waals surface area contributed by atoms with Gasteiger partial charge in [0.05, 0.1) is 4.99 Å². The summed E-state index contributed by atoms with van der Waals surface area (Å²) in [7, 11) is 2.18. The molecule has 2 heterocycles. The second kappa shape index (κ2) is 8.75. The Kier molecular flexibility index (Phi) is 6.62. The van der Waals surface area contributed by atoms with Gasteiger partial charge in [-0.1, -0.05) is 48.6 Å². The topological polar surface area (TPSA) is 6.48 Å². The van der Waals surface area contributed by atoms with Gasteiger partial charge in [-0.2, -0.15) is 0 Å². The van der Waals surface area contributed by atoms with Crippen LogP contribution in [0.5, 0.6) is 0 Å². The smallest absolute Gasteiger partial charge is 0.0824 e. The average Bonchev–Trinajstić information content (AvgIpc) is 2.81. The minimum Gasteiger partial charge on any atom is -0.363 e. The Balaban J connectivity index is 0.00000196. The molecule has 0 aromatic heterocycles. The van der Waals surface area contributed by atoms with E-state index in [0.717, 1.165) is 49.8 Å². The van der Waals surface area contributed by atoms with Gasteiger partial charge in [-0.25, -0.2) is 0 Å². The summed E-state index contributed by atoms with van der Waals surface area (Å²) in [6.45, 7) is 4.34. The molecule has 2 aliphatic rings. The van der Waals surface area contributed by atoms with E-state index in [0.29, 0.717) is 0 Å². The van der Waals surface area contributed by atoms with Gasteiger partial charge in [-0.15, -0.1) is 24.2 Å². The van der Waals surface area contributed by atoms with Gasteiger partial charge in [0.15, 0.2) is 0 Å². The van der Waals surface area contributed by atoms with E-state index >= 15 is 0 Å². The molecule has 1 fully saturated rings. The van der Waals surface area contributed by atoms with E-state index < -0.39 is 0 Å². The average molecular weight is 405 g/mol.